The van der Waals surface area contributed by atoms with Gasteiger partial charge in [-0.1, -0.05) is 0 Å². The molecular formula is C13H20N2O5. The number of rotatable bonds is 7. The van der Waals surface area contributed by atoms with Crippen LogP contribution in [0.2, 0.25) is 0 Å². The van der Waals surface area contributed by atoms with Gasteiger partial charge in [0.15, 0.2) is 0 Å². The second-order valence-electron chi connectivity index (χ2n) is 5.31. The van der Waals surface area contributed by atoms with E-state index in [0.29, 0.717) is 0 Å². The van der Waals surface area contributed by atoms with E-state index in [1.807, 2.05) is 0 Å². The van der Waals surface area contributed by atoms with Gasteiger partial charge in [0.25, 0.3) is 1.43 Å². The lowest BCUT2D eigenvalue weighted by atomic mass is 9.88. The third-order valence-electron chi connectivity index (χ3n) is 3.21. The summed E-state index contributed by atoms with van der Waals surface area (Å²) in [5.41, 5.74) is -0.932. The first-order chi connectivity index (χ1) is 10.2. The van der Waals surface area contributed by atoms with Crippen molar-refractivity contribution in [3.63, 3.8) is 0 Å². The zero-order valence-corrected chi connectivity index (χ0v) is 11.6. The van der Waals surface area contributed by atoms with Crippen LogP contribution in [-0.4, -0.2) is 46.8 Å². The monoisotopic (exact) mass is 287 g/mol. The van der Waals surface area contributed by atoms with Crippen molar-refractivity contribution < 1.29 is 25.7 Å². The molecule has 3 amide bonds. The van der Waals surface area contributed by atoms with E-state index >= 15 is 0 Å². The van der Waals surface area contributed by atoms with Crippen molar-refractivity contribution in [1.29, 1.82) is 1.43 Å². The van der Waals surface area contributed by atoms with E-state index in [4.69, 9.17) is 2.80 Å². The molecule has 112 valence electrons. The molecule has 0 aromatic carbocycles. The summed E-state index contributed by atoms with van der Waals surface area (Å²) in [7, 11) is 0. The second-order valence-corrected chi connectivity index (χ2v) is 5.31. The van der Waals surface area contributed by atoms with E-state index < -0.39 is 29.6 Å². The van der Waals surface area contributed by atoms with Gasteiger partial charge in [-0.2, -0.15) is 0 Å². The van der Waals surface area contributed by atoms with E-state index in [-0.39, 0.29) is 38.3 Å². The number of hydrogen-bond acceptors (Lipinski definition) is 5. The van der Waals surface area contributed by atoms with Crippen LogP contribution in [0.5, 0.6) is 0 Å². The topological polar surface area (TPSA) is 104 Å². The Morgan fingerprint density at radius 1 is 1.50 bits per heavy atom. The molecule has 20 heavy (non-hydrogen) atoms. The highest BCUT2D eigenvalue weighted by Gasteiger charge is 2.29. The normalized spacial score (nSPS) is 20.5. The van der Waals surface area contributed by atoms with Crippen molar-refractivity contribution in [1.82, 2.24) is 10.2 Å². The molecule has 2 N–H and O–H groups in total. The number of nitrogens with zero attached hydrogens (tertiary/aromatic N) is 1. The van der Waals surface area contributed by atoms with E-state index in [1.165, 1.54) is 0 Å². The minimum Gasteiger partial charge on any atom is -0.481 e. The van der Waals surface area contributed by atoms with Gasteiger partial charge in [-0.25, -0.2) is 0 Å². The lowest BCUT2D eigenvalue weighted by molar-refractivity contribution is -0.147. The molecule has 0 radical (unpaired) electrons. The molecule has 0 saturated carbocycles. The highest BCUT2D eigenvalue weighted by atomic mass is 16.4. The Morgan fingerprint density at radius 2 is 2.20 bits per heavy atom. The minimum absolute atomic E-state index is 0.0386. The number of carbonyl (C=O) groups is 4. The van der Waals surface area contributed by atoms with Crippen LogP contribution in [-0.2, 0) is 19.2 Å². The van der Waals surface area contributed by atoms with E-state index in [1.54, 1.807) is 13.8 Å². The predicted octanol–water partition coefficient (Wildman–Crippen LogP) is 0.143. The van der Waals surface area contributed by atoms with Crippen molar-refractivity contribution in [3.8, 4) is 0 Å². The average Bonchev–Trinajstić information content (AvgIpc) is 2.70. The van der Waals surface area contributed by atoms with Crippen LogP contribution in [0.3, 0.4) is 0 Å². The van der Waals surface area contributed by atoms with Gasteiger partial charge in [-0.3, -0.25) is 24.1 Å². The van der Waals surface area contributed by atoms with Crippen LogP contribution in [0.4, 0.5) is 0 Å². The molecule has 0 aromatic rings. The summed E-state index contributed by atoms with van der Waals surface area (Å²) in [5.74, 6) is -1.99. The first-order valence-electron chi connectivity index (χ1n) is 7.38. The minimum atomic E-state index is -1.04. The number of nitrogens with one attached hydrogen (secondary N) is 1. The van der Waals surface area contributed by atoms with E-state index in [9.17, 15) is 19.2 Å². The molecule has 1 rings (SSSR count). The fourth-order valence-electron chi connectivity index (χ4n) is 1.68. The Morgan fingerprint density at radius 3 is 2.75 bits per heavy atom. The Labute approximate surface area is 120 Å². The van der Waals surface area contributed by atoms with Crippen LogP contribution in [0.25, 0.3) is 1.43 Å². The average molecular weight is 287 g/mol. The van der Waals surface area contributed by atoms with E-state index in [0.717, 1.165) is 4.90 Å². The fraction of sp³-hybridized carbons (Fsp3) is 0.692. The molecular weight excluding hydrogens is 264 g/mol. The first-order valence-corrected chi connectivity index (χ1v) is 6.40. The molecule has 1 unspecified atom stereocenters. The van der Waals surface area contributed by atoms with Gasteiger partial charge in [-0.15, -0.1) is 0 Å². The molecule has 1 saturated heterocycles. The van der Waals surface area contributed by atoms with Gasteiger partial charge < -0.3 is 10.4 Å². The number of carbonyl (C=O) groups excluding carboxylic acids is 3. The van der Waals surface area contributed by atoms with Gasteiger partial charge in [0.2, 0.25) is 17.7 Å². The smallest absolute Gasteiger partial charge is 0.309 e. The van der Waals surface area contributed by atoms with Crippen LogP contribution in [0, 0.1) is 5.41 Å². The van der Waals surface area contributed by atoms with Crippen LogP contribution >= 0.6 is 0 Å². The van der Waals surface area contributed by atoms with Crippen LogP contribution < -0.4 is 5.32 Å². The van der Waals surface area contributed by atoms with Crippen molar-refractivity contribution in [3.05, 3.63) is 0 Å². The number of likely N-dealkylation sites (tertiary alicyclic amines) is 1. The molecule has 7 nitrogen and oxygen atoms in total. The molecule has 1 aliphatic rings. The predicted molar refractivity (Wildman–Crippen MR) is 69.6 cm³/mol. The summed E-state index contributed by atoms with van der Waals surface area (Å²) in [5, 5.41) is 6.46. The zero-order valence-electron chi connectivity index (χ0n) is 13.6. The largest absolute Gasteiger partial charge is 0.481 e. The number of amides is 3. The number of carboxylic acid groups (broad SMARTS) is 1. The lowest BCUT2D eigenvalue weighted by Crippen LogP contribution is -2.38. The van der Waals surface area contributed by atoms with Crippen molar-refractivity contribution in [2.75, 3.05) is 13.1 Å². The van der Waals surface area contributed by atoms with Crippen LogP contribution in [0.1, 0.15) is 40.9 Å². The third kappa shape index (κ3) is 4.32. The Bertz CT molecular complexity index is 481. The summed E-state index contributed by atoms with van der Waals surface area (Å²) in [6.45, 7) is 3.30. The summed E-state index contributed by atoms with van der Waals surface area (Å²) < 4.78 is 13.9. The van der Waals surface area contributed by atoms with Gasteiger partial charge in [0.05, 0.1) is 5.41 Å². The zero-order chi connectivity index (χ0) is 16.9. The van der Waals surface area contributed by atoms with Gasteiger partial charge in [0, 0.05) is 33.7 Å². The fourth-order valence-corrected chi connectivity index (χ4v) is 1.68. The molecule has 0 aliphatic carbocycles. The SMILES string of the molecule is [2H]OC(=O)C(C)(C)CCC(=O)NCCN1C(=O)CC([3H])C1=O. The number of carboxylic acids is 1. The maximum atomic E-state index is 11.7. The summed E-state index contributed by atoms with van der Waals surface area (Å²) in [6, 6.07) is 0. The molecule has 1 atom stereocenters. The summed E-state index contributed by atoms with van der Waals surface area (Å²) in [4.78, 5) is 46.9. The van der Waals surface area contributed by atoms with Crippen LogP contribution in [0.15, 0.2) is 0 Å². The highest BCUT2D eigenvalue weighted by molar-refractivity contribution is 6.01. The van der Waals surface area contributed by atoms with Gasteiger partial charge in [-0.05, 0) is 20.3 Å². The molecule has 1 heterocycles. The van der Waals surface area contributed by atoms with E-state index in [2.05, 4.69) is 10.4 Å². The Kier molecular flexibility index (Phi) is 4.25. The summed E-state index contributed by atoms with van der Waals surface area (Å²) in [6.07, 6.45) is -0.881. The lowest BCUT2D eigenvalue weighted by Gasteiger charge is -2.18. The quantitative estimate of drug-likeness (QED) is 0.648. The molecule has 0 spiro atoms. The highest BCUT2D eigenvalue weighted by Crippen LogP contribution is 2.22. The third-order valence-corrected chi connectivity index (χ3v) is 3.21. The standard InChI is InChI=1S/C13H20N2O5/c1-13(2,12(19)20)6-5-9(16)14-7-8-15-10(17)3-4-11(15)18/h3-8H2,1-2H3,(H,14,16)(H,19,20)/i3T/hD. The number of hydrogen-bond donors (Lipinski definition) is 2. The van der Waals surface area contributed by atoms with Crippen molar-refractivity contribution >= 4 is 23.7 Å². The Hall–Kier alpha value is -1.92. The first kappa shape index (κ1) is 13.1. The molecule has 0 bridgehead atoms. The summed E-state index contributed by atoms with van der Waals surface area (Å²) >= 11 is 0. The Balaban J connectivity index is 2.31. The number of aliphatic carboxylic acids is 1. The molecule has 1 fully saturated rings. The molecule has 1 aliphatic heterocycles. The maximum absolute atomic E-state index is 11.7. The molecule has 0 aromatic heterocycles. The van der Waals surface area contributed by atoms with Crippen molar-refractivity contribution in [2.45, 2.75) is 39.5 Å². The maximum Gasteiger partial charge on any atom is 0.309 e. The van der Waals surface area contributed by atoms with Gasteiger partial charge >= 0.3 is 5.97 Å². The number of imide groups is 1. The van der Waals surface area contributed by atoms with Crippen molar-refractivity contribution in [2.24, 2.45) is 5.41 Å². The van der Waals surface area contributed by atoms with Gasteiger partial charge in [0.1, 0.15) is 0 Å². The molecule has 7 heteroatoms. The second kappa shape index (κ2) is 6.49.